The van der Waals surface area contributed by atoms with E-state index in [9.17, 15) is 14.4 Å². The molecule has 0 aliphatic carbocycles. The Bertz CT molecular complexity index is 846. The fraction of sp³-hybridized carbons (Fsp3) is 0.318. The van der Waals surface area contributed by atoms with Gasteiger partial charge in [0, 0.05) is 12.8 Å². The molecule has 3 amide bonds. The average Bonchev–Trinajstić information content (AvgIpc) is 3.10. The van der Waals surface area contributed by atoms with E-state index < -0.39 is 17.1 Å². The third-order valence-corrected chi connectivity index (χ3v) is 5.34. The van der Waals surface area contributed by atoms with E-state index in [1.165, 1.54) is 0 Å². The number of rotatable bonds is 9. The fourth-order valence-corrected chi connectivity index (χ4v) is 3.62. The number of nitrogens with zero attached hydrogens (tertiary/aromatic N) is 1. The molecular formula is C22H23BrN2O5. The Morgan fingerprint density at radius 1 is 0.933 bits per heavy atom. The zero-order chi connectivity index (χ0) is 21.3. The standard InChI is InChI=1S/C22H23BrN2O5/c23-18(15-29-13-16-7-3-1-4-8-16)21(25-19(26)11-12-20(25)27)24-22(28)30-14-17-9-5-2-6-10-17/h1-10,18,21H,11-15H2,(H,24,28)/t18-,21+/m0/s1. The number of alkyl carbamates (subject to hydrolysis) is 1. The van der Waals surface area contributed by atoms with Crippen LogP contribution >= 0.6 is 15.9 Å². The second kappa shape index (κ2) is 10.9. The number of hydrogen-bond donors (Lipinski definition) is 1. The van der Waals surface area contributed by atoms with Gasteiger partial charge in [0.05, 0.1) is 18.0 Å². The van der Waals surface area contributed by atoms with Crippen molar-refractivity contribution in [3.05, 3.63) is 71.8 Å². The summed E-state index contributed by atoms with van der Waals surface area (Å²) in [6, 6.07) is 18.9. The Balaban J connectivity index is 1.60. The summed E-state index contributed by atoms with van der Waals surface area (Å²) in [4.78, 5) is 37.4. The molecule has 0 saturated carbocycles. The molecular weight excluding hydrogens is 452 g/mol. The summed E-state index contributed by atoms with van der Waals surface area (Å²) < 4.78 is 11.0. The minimum absolute atomic E-state index is 0.0821. The van der Waals surface area contributed by atoms with Crippen molar-refractivity contribution < 1.29 is 23.9 Å². The van der Waals surface area contributed by atoms with Crippen molar-refractivity contribution in [2.24, 2.45) is 0 Å². The number of carbonyl (C=O) groups excluding carboxylic acids is 3. The number of ether oxygens (including phenoxy) is 2. The first-order valence-corrected chi connectivity index (χ1v) is 10.5. The van der Waals surface area contributed by atoms with Crippen molar-refractivity contribution in [2.45, 2.75) is 37.0 Å². The van der Waals surface area contributed by atoms with Gasteiger partial charge in [-0.1, -0.05) is 76.6 Å². The molecule has 2 atom stereocenters. The lowest BCUT2D eigenvalue weighted by Crippen LogP contribution is -2.56. The number of likely N-dealkylation sites (tertiary alicyclic amines) is 1. The van der Waals surface area contributed by atoms with Crippen LogP contribution in [0.15, 0.2) is 60.7 Å². The van der Waals surface area contributed by atoms with Gasteiger partial charge in [-0.2, -0.15) is 0 Å². The fourth-order valence-electron chi connectivity index (χ4n) is 3.06. The van der Waals surface area contributed by atoms with Crippen molar-refractivity contribution in [1.82, 2.24) is 10.2 Å². The molecule has 0 aromatic heterocycles. The van der Waals surface area contributed by atoms with Gasteiger partial charge in [0.15, 0.2) is 0 Å². The van der Waals surface area contributed by atoms with E-state index in [0.29, 0.717) is 6.61 Å². The molecule has 1 aliphatic rings. The van der Waals surface area contributed by atoms with Gasteiger partial charge in [0.1, 0.15) is 12.8 Å². The molecule has 0 unspecified atom stereocenters. The predicted molar refractivity (Wildman–Crippen MR) is 113 cm³/mol. The molecule has 1 heterocycles. The largest absolute Gasteiger partial charge is 0.445 e. The van der Waals surface area contributed by atoms with E-state index in [-0.39, 0.29) is 37.9 Å². The quantitative estimate of drug-likeness (QED) is 0.444. The molecule has 0 radical (unpaired) electrons. The van der Waals surface area contributed by atoms with Crippen molar-refractivity contribution in [2.75, 3.05) is 6.61 Å². The summed E-state index contributed by atoms with van der Waals surface area (Å²) in [5, 5.41) is 2.63. The van der Waals surface area contributed by atoms with Crippen molar-refractivity contribution >= 4 is 33.8 Å². The average molecular weight is 475 g/mol. The molecule has 1 aliphatic heterocycles. The van der Waals surface area contributed by atoms with E-state index in [2.05, 4.69) is 21.2 Å². The van der Waals surface area contributed by atoms with Crippen LogP contribution in [0.3, 0.4) is 0 Å². The molecule has 30 heavy (non-hydrogen) atoms. The van der Waals surface area contributed by atoms with E-state index in [1.54, 1.807) is 0 Å². The van der Waals surface area contributed by atoms with Crippen LogP contribution in [0.25, 0.3) is 0 Å². The second-order valence-electron chi connectivity index (χ2n) is 6.83. The lowest BCUT2D eigenvalue weighted by Gasteiger charge is -2.30. The highest BCUT2D eigenvalue weighted by molar-refractivity contribution is 9.09. The number of halogens is 1. The Morgan fingerprint density at radius 3 is 2.03 bits per heavy atom. The molecule has 1 saturated heterocycles. The van der Waals surface area contributed by atoms with Gasteiger partial charge in [-0.3, -0.25) is 19.8 Å². The summed E-state index contributed by atoms with van der Waals surface area (Å²) in [5.74, 6) is -0.665. The SMILES string of the molecule is O=C(N[C@@H]([C@@H](Br)COCc1ccccc1)N1C(=O)CCC1=O)OCc1ccccc1. The predicted octanol–water partition coefficient (Wildman–Crippen LogP) is 3.37. The van der Waals surface area contributed by atoms with Crippen LogP contribution in [0.1, 0.15) is 24.0 Å². The summed E-state index contributed by atoms with van der Waals surface area (Å²) in [7, 11) is 0. The summed E-state index contributed by atoms with van der Waals surface area (Å²) >= 11 is 3.47. The lowest BCUT2D eigenvalue weighted by molar-refractivity contribution is -0.141. The van der Waals surface area contributed by atoms with Crippen molar-refractivity contribution in [1.29, 1.82) is 0 Å². The molecule has 0 spiro atoms. The highest BCUT2D eigenvalue weighted by Gasteiger charge is 2.39. The number of imide groups is 1. The first kappa shape index (κ1) is 22.0. The zero-order valence-corrected chi connectivity index (χ0v) is 17.9. The molecule has 8 heteroatoms. The number of nitrogens with one attached hydrogen (secondary N) is 1. The van der Waals surface area contributed by atoms with Crippen LogP contribution in [0.5, 0.6) is 0 Å². The Labute approximate surface area is 183 Å². The van der Waals surface area contributed by atoms with Crippen LogP contribution in [-0.4, -0.2) is 40.4 Å². The number of hydrogen-bond acceptors (Lipinski definition) is 5. The molecule has 1 N–H and O–H groups in total. The number of amides is 3. The molecule has 158 valence electrons. The number of benzene rings is 2. The highest BCUT2D eigenvalue weighted by Crippen LogP contribution is 2.20. The van der Waals surface area contributed by atoms with Gasteiger partial charge in [-0.05, 0) is 11.1 Å². The van der Waals surface area contributed by atoms with Gasteiger partial charge in [-0.25, -0.2) is 4.79 Å². The maximum Gasteiger partial charge on any atom is 0.409 e. The van der Waals surface area contributed by atoms with Crippen molar-refractivity contribution in [3.63, 3.8) is 0 Å². The van der Waals surface area contributed by atoms with Gasteiger partial charge >= 0.3 is 6.09 Å². The summed E-state index contributed by atoms with van der Waals surface area (Å²) in [6.45, 7) is 0.629. The maximum atomic E-state index is 12.4. The summed E-state index contributed by atoms with van der Waals surface area (Å²) in [6.07, 6.45) is -1.38. The van der Waals surface area contributed by atoms with Crippen LogP contribution in [0.2, 0.25) is 0 Å². The van der Waals surface area contributed by atoms with Crippen LogP contribution in [-0.2, 0) is 32.3 Å². The monoisotopic (exact) mass is 474 g/mol. The van der Waals surface area contributed by atoms with Crippen molar-refractivity contribution in [3.8, 4) is 0 Å². The minimum atomic E-state index is -0.911. The molecule has 0 bridgehead atoms. The Morgan fingerprint density at radius 2 is 1.47 bits per heavy atom. The van der Waals surface area contributed by atoms with Crippen LogP contribution in [0, 0.1) is 0 Å². The second-order valence-corrected chi connectivity index (χ2v) is 8.00. The first-order valence-electron chi connectivity index (χ1n) is 9.62. The Hall–Kier alpha value is -2.71. The van der Waals surface area contributed by atoms with Gasteiger partial charge in [0.2, 0.25) is 11.8 Å². The number of alkyl halides is 1. The van der Waals surface area contributed by atoms with Crippen LogP contribution in [0.4, 0.5) is 4.79 Å². The first-order chi connectivity index (χ1) is 14.5. The molecule has 3 rings (SSSR count). The van der Waals surface area contributed by atoms with Gasteiger partial charge < -0.3 is 9.47 Å². The van der Waals surface area contributed by atoms with Gasteiger partial charge in [-0.15, -0.1) is 0 Å². The molecule has 2 aromatic rings. The zero-order valence-electron chi connectivity index (χ0n) is 16.3. The van der Waals surface area contributed by atoms with E-state index in [4.69, 9.17) is 9.47 Å². The molecule has 2 aromatic carbocycles. The Kier molecular flexibility index (Phi) is 7.98. The minimum Gasteiger partial charge on any atom is -0.445 e. The molecule has 1 fully saturated rings. The maximum absolute atomic E-state index is 12.4. The van der Waals surface area contributed by atoms with E-state index in [1.807, 2.05) is 60.7 Å². The van der Waals surface area contributed by atoms with Crippen LogP contribution < -0.4 is 5.32 Å². The summed E-state index contributed by atoms with van der Waals surface area (Å²) in [5.41, 5.74) is 1.83. The highest BCUT2D eigenvalue weighted by atomic mass is 79.9. The third-order valence-electron chi connectivity index (χ3n) is 4.58. The third kappa shape index (κ3) is 6.14. The topological polar surface area (TPSA) is 84.9 Å². The van der Waals surface area contributed by atoms with E-state index >= 15 is 0 Å². The normalized spacial score (nSPS) is 15.7. The smallest absolute Gasteiger partial charge is 0.409 e. The molecule has 7 nitrogen and oxygen atoms in total. The lowest BCUT2D eigenvalue weighted by atomic mass is 10.2. The van der Waals surface area contributed by atoms with E-state index in [0.717, 1.165) is 16.0 Å². The number of carbonyl (C=O) groups is 3. The van der Waals surface area contributed by atoms with Gasteiger partial charge in [0.25, 0.3) is 0 Å².